The van der Waals surface area contributed by atoms with E-state index < -0.39 is 5.97 Å². The summed E-state index contributed by atoms with van der Waals surface area (Å²) in [6.45, 7) is 3.70. The third kappa shape index (κ3) is 3.98. The molecule has 4 rings (SSSR count). The number of carboxylic acids is 1. The van der Waals surface area contributed by atoms with Crippen LogP contribution in [0.3, 0.4) is 0 Å². The topological polar surface area (TPSA) is 86.9 Å². The van der Waals surface area contributed by atoms with Gasteiger partial charge in [-0.3, -0.25) is 9.20 Å². The average Bonchev–Trinajstić information content (AvgIpc) is 2.75. The zero-order chi connectivity index (χ0) is 21.3. The maximum absolute atomic E-state index is 12.7. The Morgan fingerprint density at radius 1 is 1.20 bits per heavy atom. The van der Waals surface area contributed by atoms with Crippen LogP contribution < -0.4 is 15.8 Å². The summed E-state index contributed by atoms with van der Waals surface area (Å²) in [6.07, 6.45) is 5.08. The fourth-order valence-corrected chi connectivity index (χ4v) is 4.06. The normalized spacial score (nSPS) is 15.2. The van der Waals surface area contributed by atoms with Gasteiger partial charge in [-0.1, -0.05) is 17.7 Å². The van der Waals surface area contributed by atoms with Gasteiger partial charge < -0.3 is 15.3 Å². The molecule has 0 radical (unpaired) electrons. The zero-order valence-electron chi connectivity index (χ0n) is 16.6. The standard InChI is InChI=1S/C22H23ClN4O3/c1-14(24-18-8-7-15(23)12-17(18)22(29)30)16-6-5-11-27-20(28)13-19(25-21(16)27)26-9-3-2-4-10-26/h5-8,11-14,24H,2-4,9-10H2,1H3,(H,29,30)/t14-/m1/s1. The second kappa shape index (κ2) is 8.36. The summed E-state index contributed by atoms with van der Waals surface area (Å²) in [5.74, 6) is -0.371. The molecule has 156 valence electrons. The molecule has 1 atom stereocenters. The van der Waals surface area contributed by atoms with Crippen molar-refractivity contribution < 1.29 is 9.90 Å². The Morgan fingerprint density at radius 2 is 1.97 bits per heavy atom. The smallest absolute Gasteiger partial charge is 0.337 e. The van der Waals surface area contributed by atoms with E-state index in [1.54, 1.807) is 30.5 Å². The number of fused-ring (bicyclic) bond motifs is 1. The first-order valence-electron chi connectivity index (χ1n) is 10.0. The monoisotopic (exact) mass is 426 g/mol. The van der Waals surface area contributed by atoms with Crippen LogP contribution in [0.5, 0.6) is 0 Å². The van der Waals surface area contributed by atoms with Crippen LogP contribution in [-0.2, 0) is 0 Å². The Kier molecular flexibility index (Phi) is 5.63. The fourth-order valence-electron chi connectivity index (χ4n) is 3.89. The van der Waals surface area contributed by atoms with E-state index in [2.05, 4.69) is 10.2 Å². The van der Waals surface area contributed by atoms with Crippen molar-refractivity contribution in [1.29, 1.82) is 0 Å². The molecule has 0 saturated carbocycles. The Bertz CT molecular complexity index is 1150. The highest BCUT2D eigenvalue weighted by Crippen LogP contribution is 2.27. The van der Waals surface area contributed by atoms with Crippen LogP contribution in [-0.4, -0.2) is 33.6 Å². The van der Waals surface area contributed by atoms with Gasteiger partial charge >= 0.3 is 5.97 Å². The molecule has 7 nitrogen and oxygen atoms in total. The number of carboxylic acid groups (broad SMARTS) is 1. The minimum Gasteiger partial charge on any atom is -0.478 e. The molecule has 1 aliphatic rings. The number of nitrogens with one attached hydrogen (secondary N) is 1. The molecule has 3 heterocycles. The first-order valence-corrected chi connectivity index (χ1v) is 10.4. The number of aromatic nitrogens is 2. The Hall–Kier alpha value is -3.06. The minimum atomic E-state index is -1.06. The van der Waals surface area contributed by atoms with Gasteiger partial charge in [0.05, 0.1) is 11.6 Å². The number of aromatic carboxylic acids is 1. The van der Waals surface area contributed by atoms with Crippen LogP contribution in [0.2, 0.25) is 5.02 Å². The van der Waals surface area contributed by atoms with Crippen molar-refractivity contribution in [2.75, 3.05) is 23.3 Å². The largest absolute Gasteiger partial charge is 0.478 e. The quantitative estimate of drug-likeness (QED) is 0.635. The molecule has 0 bridgehead atoms. The molecule has 2 aromatic heterocycles. The second-order valence-electron chi connectivity index (χ2n) is 7.52. The van der Waals surface area contributed by atoms with Crippen LogP contribution in [0.4, 0.5) is 11.5 Å². The number of benzene rings is 1. The number of hydrogen-bond acceptors (Lipinski definition) is 5. The Balaban J connectivity index is 1.74. The molecule has 8 heteroatoms. The summed E-state index contributed by atoms with van der Waals surface area (Å²) in [5.41, 5.74) is 1.79. The van der Waals surface area contributed by atoms with E-state index in [4.69, 9.17) is 16.6 Å². The van der Waals surface area contributed by atoms with Crippen molar-refractivity contribution >= 4 is 34.7 Å². The average molecular weight is 427 g/mol. The molecular formula is C22H23ClN4O3. The number of carbonyl (C=O) groups is 1. The number of piperidine rings is 1. The van der Waals surface area contributed by atoms with Gasteiger partial charge in [0.25, 0.3) is 5.56 Å². The van der Waals surface area contributed by atoms with Gasteiger partial charge in [-0.25, -0.2) is 9.78 Å². The van der Waals surface area contributed by atoms with Gasteiger partial charge in [-0.15, -0.1) is 0 Å². The highest BCUT2D eigenvalue weighted by Gasteiger charge is 2.19. The van der Waals surface area contributed by atoms with Gasteiger partial charge in [0.2, 0.25) is 0 Å². The zero-order valence-corrected chi connectivity index (χ0v) is 17.4. The lowest BCUT2D eigenvalue weighted by atomic mass is 10.1. The molecule has 1 aromatic carbocycles. The van der Waals surface area contributed by atoms with E-state index in [-0.39, 0.29) is 17.2 Å². The second-order valence-corrected chi connectivity index (χ2v) is 7.95. The summed E-state index contributed by atoms with van der Waals surface area (Å²) in [4.78, 5) is 31.3. The van der Waals surface area contributed by atoms with Crippen LogP contribution in [0.15, 0.2) is 47.4 Å². The number of nitrogens with zero attached hydrogens (tertiary/aromatic N) is 3. The summed E-state index contributed by atoms with van der Waals surface area (Å²) < 4.78 is 1.53. The van der Waals surface area contributed by atoms with Gasteiger partial charge in [-0.2, -0.15) is 0 Å². The summed E-state index contributed by atoms with van der Waals surface area (Å²) in [7, 11) is 0. The van der Waals surface area contributed by atoms with Gasteiger partial charge in [-0.05, 0) is 50.5 Å². The molecule has 0 unspecified atom stereocenters. The van der Waals surface area contributed by atoms with Gasteiger partial charge in [0.1, 0.15) is 11.5 Å². The number of hydrogen-bond donors (Lipinski definition) is 2. The molecule has 3 aromatic rings. The molecule has 0 aliphatic carbocycles. The molecule has 1 fully saturated rings. The lowest BCUT2D eigenvalue weighted by molar-refractivity contribution is 0.0698. The van der Waals surface area contributed by atoms with Crippen molar-refractivity contribution in [3.8, 4) is 0 Å². The number of pyridine rings is 1. The maximum Gasteiger partial charge on any atom is 0.337 e. The van der Waals surface area contributed by atoms with Crippen molar-refractivity contribution in [3.05, 3.63) is 69.1 Å². The molecule has 1 aliphatic heterocycles. The summed E-state index contributed by atoms with van der Waals surface area (Å²) in [6, 6.07) is 9.69. The third-order valence-corrected chi connectivity index (χ3v) is 5.67. The van der Waals surface area contributed by atoms with Gasteiger partial charge in [0, 0.05) is 41.6 Å². The van der Waals surface area contributed by atoms with Gasteiger partial charge in [0.15, 0.2) is 0 Å². The molecule has 0 spiro atoms. The van der Waals surface area contributed by atoms with Crippen LogP contribution in [0.25, 0.3) is 5.65 Å². The minimum absolute atomic E-state index is 0.0914. The van der Waals surface area contributed by atoms with Crippen molar-refractivity contribution in [2.24, 2.45) is 0 Å². The first-order chi connectivity index (χ1) is 14.4. The van der Waals surface area contributed by atoms with Crippen LogP contribution >= 0.6 is 11.6 Å². The molecule has 30 heavy (non-hydrogen) atoms. The number of halogens is 1. The predicted molar refractivity (Wildman–Crippen MR) is 118 cm³/mol. The highest BCUT2D eigenvalue weighted by atomic mass is 35.5. The lowest BCUT2D eigenvalue weighted by Gasteiger charge is -2.28. The summed E-state index contributed by atoms with van der Waals surface area (Å²) >= 11 is 5.96. The van der Waals surface area contributed by atoms with E-state index in [0.29, 0.717) is 22.2 Å². The van der Waals surface area contributed by atoms with Crippen molar-refractivity contribution in [3.63, 3.8) is 0 Å². The Labute approximate surface area is 178 Å². The predicted octanol–water partition coefficient (Wildman–Crippen LogP) is 4.21. The first kappa shape index (κ1) is 20.2. The third-order valence-electron chi connectivity index (χ3n) is 5.44. The van der Waals surface area contributed by atoms with E-state index in [1.807, 2.05) is 13.0 Å². The SMILES string of the molecule is C[C@@H](Nc1ccc(Cl)cc1C(=O)O)c1cccn2c(=O)cc(N3CCCCC3)nc12. The van der Waals surface area contributed by atoms with Crippen LogP contribution in [0.1, 0.15) is 48.1 Å². The number of rotatable bonds is 5. The molecule has 0 amide bonds. The summed E-state index contributed by atoms with van der Waals surface area (Å²) in [5, 5.41) is 13.1. The van der Waals surface area contributed by atoms with E-state index in [1.165, 1.54) is 16.9 Å². The van der Waals surface area contributed by atoms with Crippen molar-refractivity contribution in [1.82, 2.24) is 9.38 Å². The molecular weight excluding hydrogens is 404 g/mol. The van der Waals surface area contributed by atoms with E-state index in [9.17, 15) is 14.7 Å². The Morgan fingerprint density at radius 3 is 2.70 bits per heavy atom. The van der Waals surface area contributed by atoms with Crippen LogP contribution in [0, 0.1) is 0 Å². The lowest BCUT2D eigenvalue weighted by Crippen LogP contribution is -2.32. The number of anilines is 2. The maximum atomic E-state index is 12.7. The van der Waals surface area contributed by atoms with Crippen molar-refractivity contribution in [2.45, 2.75) is 32.2 Å². The van der Waals surface area contributed by atoms with E-state index >= 15 is 0 Å². The molecule has 1 saturated heterocycles. The fraction of sp³-hybridized carbons (Fsp3) is 0.318. The molecule has 2 N–H and O–H groups in total. The highest BCUT2D eigenvalue weighted by molar-refractivity contribution is 6.31. The van der Waals surface area contributed by atoms with E-state index in [0.717, 1.165) is 31.5 Å².